The second kappa shape index (κ2) is 10.0. The quantitative estimate of drug-likeness (QED) is 0.509. The summed E-state index contributed by atoms with van der Waals surface area (Å²) in [6.45, 7) is 7.28. The molecule has 2 aromatic carbocycles. The highest BCUT2D eigenvalue weighted by Crippen LogP contribution is 2.35. The smallest absolute Gasteiger partial charge is 0.276 e. The largest absolute Gasteiger partial charge is 0.378 e. The molecule has 8 nitrogen and oxygen atoms in total. The highest BCUT2D eigenvalue weighted by atomic mass is 16.5. The molecular weight excluding hydrogens is 440 g/mol. The van der Waals surface area contributed by atoms with Crippen molar-refractivity contribution in [2.24, 2.45) is 5.73 Å². The number of nitrogens with one attached hydrogen (secondary N) is 1. The van der Waals surface area contributed by atoms with Gasteiger partial charge in [0.1, 0.15) is 5.69 Å². The van der Waals surface area contributed by atoms with Gasteiger partial charge in [-0.25, -0.2) is 9.97 Å². The SMILES string of the molecule is CC[N+]1(c2ccc(-c3ccnc(Nc4ccc(N5CCOCC5)cc4)n3)cc2)CCC[C@H]1C(N)=O. The molecular formula is C27H33N6O2+. The Morgan fingerprint density at radius 3 is 2.54 bits per heavy atom. The van der Waals surface area contributed by atoms with E-state index in [2.05, 4.69) is 70.7 Å². The third kappa shape index (κ3) is 4.72. The van der Waals surface area contributed by atoms with Crippen LogP contribution in [0.1, 0.15) is 19.8 Å². The number of likely N-dealkylation sites (tertiary alicyclic amines) is 1. The Hall–Kier alpha value is -3.49. The lowest BCUT2D eigenvalue weighted by Crippen LogP contribution is -2.57. The van der Waals surface area contributed by atoms with Gasteiger partial charge in [-0.05, 0) is 61.5 Å². The van der Waals surface area contributed by atoms with Gasteiger partial charge in [-0.2, -0.15) is 0 Å². The van der Waals surface area contributed by atoms with Gasteiger partial charge in [0.15, 0.2) is 6.04 Å². The lowest BCUT2D eigenvalue weighted by molar-refractivity contribution is -0.121. The number of nitrogens with zero attached hydrogens (tertiary/aromatic N) is 4. The maximum atomic E-state index is 12.1. The van der Waals surface area contributed by atoms with Gasteiger partial charge in [0.05, 0.1) is 32.0 Å². The van der Waals surface area contributed by atoms with Crippen LogP contribution in [0.5, 0.6) is 0 Å². The second-order valence-electron chi connectivity index (χ2n) is 9.22. The van der Waals surface area contributed by atoms with E-state index in [9.17, 15) is 4.79 Å². The van der Waals surface area contributed by atoms with E-state index in [1.807, 2.05) is 6.07 Å². The topological polar surface area (TPSA) is 93.4 Å². The molecule has 0 bridgehead atoms. The van der Waals surface area contributed by atoms with Crippen LogP contribution >= 0.6 is 0 Å². The van der Waals surface area contributed by atoms with Crippen molar-refractivity contribution in [2.75, 3.05) is 49.6 Å². The minimum absolute atomic E-state index is 0.157. The second-order valence-corrected chi connectivity index (χ2v) is 9.22. The first-order valence-corrected chi connectivity index (χ1v) is 12.4. The molecule has 3 heterocycles. The Morgan fingerprint density at radius 1 is 1.11 bits per heavy atom. The number of nitrogens with two attached hydrogens (primary N) is 1. The molecule has 0 radical (unpaired) electrons. The molecule has 5 rings (SSSR count). The van der Waals surface area contributed by atoms with Gasteiger partial charge < -0.3 is 20.7 Å². The third-order valence-electron chi connectivity index (χ3n) is 7.36. The molecule has 2 saturated heterocycles. The number of hydrogen-bond acceptors (Lipinski definition) is 6. The van der Waals surface area contributed by atoms with E-state index in [-0.39, 0.29) is 11.9 Å². The number of primary amides is 1. The molecule has 1 aromatic heterocycles. The van der Waals surface area contributed by atoms with E-state index in [0.29, 0.717) is 10.4 Å². The highest BCUT2D eigenvalue weighted by molar-refractivity contribution is 5.83. The Morgan fingerprint density at radius 2 is 1.86 bits per heavy atom. The fraction of sp³-hybridized carbons (Fsp3) is 0.370. The lowest BCUT2D eigenvalue weighted by atomic mass is 10.1. The summed E-state index contributed by atoms with van der Waals surface area (Å²) in [6, 6.07) is 18.4. The van der Waals surface area contributed by atoms with Gasteiger partial charge in [-0.15, -0.1) is 0 Å². The molecule has 2 aliphatic heterocycles. The predicted molar refractivity (Wildman–Crippen MR) is 140 cm³/mol. The molecule has 0 aliphatic carbocycles. The maximum Gasteiger partial charge on any atom is 0.276 e. The molecule has 0 saturated carbocycles. The van der Waals surface area contributed by atoms with Gasteiger partial charge >= 0.3 is 0 Å². The molecule has 2 aliphatic rings. The van der Waals surface area contributed by atoms with Crippen molar-refractivity contribution in [1.29, 1.82) is 0 Å². The zero-order chi connectivity index (χ0) is 24.3. The first kappa shape index (κ1) is 23.3. The van der Waals surface area contributed by atoms with Crippen LogP contribution in [0.25, 0.3) is 11.3 Å². The Labute approximate surface area is 206 Å². The van der Waals surface area contributed by atoms with Crippen LogP contribution < -0.4 is 20.4 Å². The number of likely N-dealkylation sites (N-methyl/N-ethyl adjacent to an activating group) is 1. The van der Waals surface area contributed by atoms with Crippen molar-refractivity contribution in [1.82, 2.24) is 14.5 Å². The number of ether oxygens (including phenoxy) is 1. The number of benzene rings is 2. The van der Waals surface area contributed by atoms with Gasteiger partial charge in [0.2, 0.25) is 5.95 Å². The molecule has 182 valence electrons. The molecule has 8 heteroatoms. The van der Waals surface area contributed by atoms with Crippen LogP contribution in [0.15, 0.2) is 60.8 Å². The Bertz CT molecular complexity index is 1160. The summed E-state index contributed by atoms with van der Waals surface area (Å²) in [5, 5.41) is 3.31. The molecule has 0 spiro atoms. The van der Waals surface area contributed by atoms with Crippen molar-refractivity contribution in [3.05, 3.63) is 60.8 Å². The first-order valence-electron chi connectivity index (χ1n) is 12.4. The molecule has 3 aromatic rings. The summed E-state index contributed by atoms with van der Waals surface area (Å²) in [5.74, 6) is 0.342. The number of amides is 1. The predicted octanol–water partition coefficient (Wildman–Crippen LogP) is 3.70. The van der Waals surface area contributed by atoms with Gasteiger partial charge in [-0.3, -0.25) is 9.28 Å². The van der Waals surface area contributed by atoms with Crippen molar-refractivity contribution >= 4 is 28.9 Å². The number of carbonyl (C=O) groups excluding carboxylic acids is 1. The number of quaternary nitrogens is 1. The van der Waals surface area contributed by atoms with Gasteiger partial charge in [0, 0.05) is 49.1 Å². The fourth-order valence-corrected chi connectivity index (χ4v) is 5.44. The van der Waals surface area contributed by atoms with Crippen LogP contribution in [-0.2, 0) is 9.53 Å². The molecule has 35 heavy (non-hydrogen) atoms. The van der Waals surface area contributed by atoms with E-state index in [1.165, 1.54) is 5.69 Å². The summed E-state index contributed by atoms with van der Waals surface area (Å²) in [5.41, 5.74) is 10.9. The van der Waals surface area contributed by atoms with Crippen molar-refractivity contribution in [3.8, 4) is 11.3 Å². The van der Waals surface area contributed by atoms with Gasteiger partial charge in [0.25, 0.3) is 5.91 Å². The number of hydrogen-bond donors (Lipinski definition) is 2. The number of aromatic nitrogens is 2. The summed E-state index contributed by atoms with van der Waals surface area (Å²) >= 11 is 0. The van der Waals surface area contributed by atoms with Crippen LogP contribution in [-0.4, -0.2) is 61.3 Å². The molecule has 1 amide bonds. The summed E-state index contributed by atoms with van der Waals surface area (Å²) in [4.78, 5) is 23.6. The Kier molecular flexibility index (Phi) is 6.66. The third-order valence-corrected chi connectivity index (χ3v) is 7.36. The average molecular weight is 474 g/mol. The van der Waals surface area contributed by atoms with Crippen molar-refractivity contribution in [2.45, 2.75) is 25.8 Å². The summed E-state index contributed by atoms with van der Waals surface area (Å²) < 4.78 is 6.07. The molecule has 2 atom stereocenters. The maximum absolute atomic E-state index is 12.1. The normalized spacial score (nSPS) is 22.2. The van der Waals surface area contributed by atoms with Crippen LogP contribution in [0.3, 0.4) is 0 Å². The highest BCUT2D eigenvalue weighted by Gasteiger charge is 2.45. The first-order chi connectivity index (χ1) is 17.1. The molecule has 2 fully saturated rings. The van der Waals surface area contributed by atoms with Crippen LogP contribution in [0, 0.1) is 0 Å². The van der Waals surface area contributed by atoms with Crippen LogP contribution in [0.2, 0.25) is 0 Å². The number of carbonyl (C=O) groups is 1. The zero-order valence-corrected chi connectivity index (χ0v) is 20.2. The van der Waals surface area contributed by atoms with Crippen LogP contribution in [0.4, 0.5) is 23.0 Å². The van der Waals surface area contributed by atoms with E-state index in [1.54, 1.807) is 6.20 Å². The standard InChI is InChI=1S/C27H32N6O2/c1-2-33(17-3-4-25(33)26(28)34)23-11-5-20(6-12-23)24-13-14-29-27(31-24)30-21-7-9-22(10-8-21)32-15-18-35-19-16-32/h5-14,25H,2-4,15-19H2,1H3,(H2-,28,29,30,31,34)/p+1/t25-,33?/m0/s1. The van der Waals surface area contributed by atoms with E-state index in [0.717, 1.165) is 74.9 Å². The van der Waals surface area contributed by atoms with Crippen molar-refractivity contribution in [3.63, 3.8) is 0 Å². The molecule has 3 N–H and O–H groups in total. The Balaban J connectivity index is 1.31. The van der Waals surface area contributed by atoms with E-state index >= 15 is 0 Å². The van der Waals surface area contributed by atoms with E-state index < -0.39 is 0 Å². The molecule has 1 unspecified atom stereocenters. The average Bonchev–Trinajstić information content (AvgIpc) is 3.36. The monoisotopic (exact) mass is 473 g/mol. The number of morpholine rings is 1. The van der Waals surface area contributed by atoms with Gasteiger partial charge in [-0.1, -0.05) is 0 Å². The zero-order valence-electron chi connectivity index (χ0n) is 20.2. The number of anilines is 3. The summed E-state index contributed by atoms with van der Waals surface area (Å²) in [6.07, 6.45) is 3.63. The lowest BCUT2D eigenvalue weighted by Gasteiger charge is -2.37. The minimum atomic E-state index is -0.210. The van der Waals surface area contributed by atoms with E-state index in [4.69, 9.17) is 15.5 Å². The number of rotatable bonds is 7. The minimum Gasteiger partial charge on any atom is -0.378 e. The summed E-state index contributed by atoms with van der Waals surface area (Å²) in [7, 11) is 0. The van der Waals surface area contributed by atoms with Crippen molar-refractivity contribution < 1.29 is 9.53 Å². The fourth-order valence-electron chi connectivity index (χ4n) is 5.44.